The topological polar surface area (TPSA) is 69.8 Å². The molecule has 0 fully saturated rings. The maximum Gasteiger partial charge on any atom is 0.257 e. The zero-order chi connectivity index (χ0) is 11.7. The molecule has 0 spiro atoms. The summed E-state index contributed by atoms with van der Waals surface area (Å²) in [4.78, 5) is 11.7. The monoisotopic (exact) mass is 226 g/mol. The van der Waals surface area contributed by atoms with Crippen LogP contribution in [0.3, 0.4) is 0 Å². The van der Waals surface area contributed by atoms with Crippen LogP contribution < -0.4 is 10.6 Å². The molecule has 1 aliphatic heterocycles. The van der Waals surface area contributed by atoms with Crippen LogP contribution >= 0.6 is 0 Å². The van der Waals surface area contributed by atoms with Gasteiger partial charge in [0, 0.05) is 23.5 Å². The molecule has 0 radical (unpaired) electrons. The Kier molecular flexibility index (Phi) is 2.15. The molecule has 2 heterocycles. The van der Waals surface area contributed by atoms with Gasteiger partial charge in [0.1, 0.15) is 5.82 Å². The van der Waals surface area contributed by atoms with Crippen LogP contribution in [0.5, 0.6) is 0 Å². The van der Waals surface area contributed by atoms with Gasteiger partial charge in [-0.2, -0.15) is 5.10 Å². The minimum Gasteiger partial charge on any atom is -0.346 e. The van der Waals surface area contributed by atoms with Crippen molar-refractivity contribution in [3.63, 3.8) is 0 Å². The highest BCUT2D eigenvalue weighted by molar-refractivity contribution is 6.31. The molecule has 0 unspecified atom stereocenters. The van der Waals surface area contributed by atoms with Crippen molar-refractivity contribution in [2.24, 2.45) is 0 Å². The summed E-state index contributed by atoms with van der Waals surface area (Å²) in [6.45, 7) is 0. The number of aromatic nitrogens is 2. The molecule has 1 amide bonds. The van der Waals surface area contributed by atoms with Crippen molar-refractivity contribution in [1.29, 1.82) is 0 Å². The van der Waals surface area contributed by atoms with Gasteiger partial charge >= 0.3 is 0 Å². The van der Waals surface area contributed by atoms with Crippen LogP contribution in [0.15, 0.2) is 42.7 Å². The molecule has 2 aromatic rings. The summed E-state index contributed by atoms with van der Waals surface area (Å²) in [5, 5.41) is 12.4. The molecule has 5 nitrogen and oxygen atoms in total. The minimum absolute atomic E-state index is 0.0989. The largest absolute Gasteiger partial charge is 0.346 e. The normalized spacial score (nSPS) is 15.8. The number of aromatic amines is 1. The number of amides is 1. The van der Waals surface area contributed by atoms with E-state index in [0.717, 1.165) is 17.1 Å². The third-order valence-corrected chi connectivity index (χ3v) is 2.58. The standard InChI is InChI=1S/C12H10N4O/c17-12-9(7-13-11-5-6-14-16-11)8-3-1-2-4-10(8)15-12/h1-7H,(H,15,17)(H2,13,14,16). The molecule has 0 bridgehead atoms. The van der Waals surface area contributed by atoms with Gasteiger partial charge in [-0.1, -0.05) is 18.2 Å². The Balaban J connectivity index is 1.93. The third-order valence-electron chi connectivity index (χ3n) is 2.58. The van der Waals surface area contributed by atoms with E-state index in [9.17, 15) is 4.79 Å². The van der Waals surface area contributed by atoms with E-state index in [1.165, 1.54) is 0 Å². The van der Waals surface area contributed by atoms with E-state index in [0.29, 0.717) is 5.57 Å². The van der Waals surface area contributed by atoms with Crippen LogP contribution in [0.1, 0.15) is 5.56 Å². The van der Waals surface area contributed by atoms with Gasteiger partial charge in [-0.15, -0.1) is 0 Å². The number of nitrogens with zero attached hydrogens (tertiary/aromatic N) is 1. The fourth-order valence-corrected chi connectivity index (χ4v) is 1.77. The number of anilines is 2. The molecule has 1 aliphatic rings. The van der Waals surface area contributed by atoms with E-state index in [2.05, 4.69) is 20.8 Å². The number of para-hydroxylation sites is 1. The zero-order valence-corrected chi connectivity index (χ0v) is 8.90. The van der Waals surface area contributed by atoms with Crippen molar-refractivity contribution >= 4 is 23.0 Å². The van der Waals surface area contributed by atoms with Crippen LogP contribution in [0, 0.1) is 0 Å². The van der Waals surface area contributed by atoms with Gasteiger partial charge in [0.15, 0.2) is 0 Å². The lowest BCUT2D eigenvalue weighted by molar-refractivity contribution is -0.110. The molecule has 0 saturated heterocycles. The summed E-state index contributed by atoms with van der Waals surface area (Å²) < 4.78 is 0. The second-order valence-corrected chi connectivity index (χ2v) is 3.67. The first-order valence-corrected chi connectivity index (χ1v) is 5.21. The highest BCUT2D eigenvalue weighted by Crippen LogP contribution is 2.30. The average Bonchev–Trinajstić information content (AvgIpc) is 2.93. The first-order chi connectivity index (χ1) is 8.34. The van der Waals surface area contributed by atoms with E-state index in [1.54, 1.807) is 18.5 Å². The Bertz CT molecular complexity index is 586. The Labute approximate surface area is 97.5 Å². The number of hydrogen-bond donors (Lipinski definition) is 3. The number of fused-ring (bicyclic) bond motifs is 1. The second kappa shape index (κ2) is 3.79. The molecular formula is C12H10N4O. The van der Waals surface area contributed by atoms with Gasteiger partial charge in [-0.25, -0.2) is 0 Å². The van der Waals surface area contributed by atoms with Crippen molar-refractivity contribution in [3.8, 4) is 0 Å². The number of rotatable bonds is 2. The Morgan fingerprint density at radius 3 is 2.94 bits per heavy atom. The van der Waals surface area contributed by atoms with Crippen molar-refractivity contribution in [2.75, 3.05) is 10.6 Å². The molecule has 0 aliphatic carbocycles. The zero-order valence-electron chi connectivity index (χ0n) is 8.90. The van der Waals surface area contributed by atoms with Crippen molar-refractivity contribution in [1.82, 2.24) is 10.2 Å². The minimum atomic E-state index is -0.0989. The van der Waals surface area contributed by atoms with E-state index < -0.39 is 0 Å². The fourth-order valence-electron chi connectivity index (χ4n) is 1.77. The molecule has 3 N–H and O–H groups in total. The summed E-state index contributed by atoms with van der Waals surface area (Å²) >= 11 is 0. The lowest BCUT2D eigenvalue weighted by atomic mass is 10.1. The van der Waals surface area contributed by atoms with Crippen LogP contribution in [0.25, 0.3) is 5.57 Å². The molecule has 1 aromatic heterocycles. The Hall–Kier alpha value is -2.56. The summed E-state index contributed by atoms with van der Waals surface area (Å²) in [5.74, 6) is 0.646. The van der Waals surface area contributed by atoms with Crippen LogP contribution in [-0.4, -0.2) is 16.1 Å². The van der Waals surface area contributed by atoms with Crippen molar-refractivity contribution in [3.05, 3.63) is 48.3 Å². The molecule has 84 valence electrons. The molecule has 0 atom stereocenters. The Morgan fingerprint density at radius 2 is 2.12 bits per heavy atom. The highest BCUT2D eigenvalue weighted by Gasteiger charge is 2.23. The molecule has 1 aromatic carbocycles. The predicted molar refractivity (Wildman–Crippen MR) is 65.3 cm³/mol. The van der Waals surface area contributed by atoms with Gasteiger partial charge in [0.2, 0.25) is 0 Å². The summed E-state index contributed by atoms with van der Waals surface area (Å²) in [5.41, 5.74) is 2.37. The Morgan fingerprint density at radius 1 is 1.24 bits per heavy atom. The lowest BCUT2D eigenvalue weighted by Crippen LogP contribution is -2.05. The lowest BCUT2D eigenvalue weighted by Gasteiger charge is -1.98. The van der Waals surface area contributed by atoms with E-state index >= 15 is 0 Å². The molecule has 5 heteroatoms. The molecule has 3 rings (SSSR count). The summed E-state index contributed by atoms with van der Waals surface area (Å²) in [6.07, 6.45) is 3.32. The maximum atomic E-state index is 11.7. The number of H-pyrrole nitrogens is 1. The van der Waals surface area contributed by atoms with Crippen LogP contribution in [0.2, 0.25) is 0 Å². The van der Waals surface area contributed by atoms with Gasteiger partial charge in [-0.05, 0) is 6.07 Å². The van der Waals surface area contributed by atoms with Gasteiger partial charge < -0.3 is 10.6 Å². The average molecular weight is 226 g/mol. The van der Waals surface area contributed by atoms with E-state index in [1.807, 2.05) is 24.3 Å². The van der Waals surface area contributed by atoms with Gasteiger partial charge in [0.25, 0.3) is 5.91 Å². The smallest absolute Gasteiger partial charge is 0.257 e. The maximum absolute atomic E-state index is 11.7. The van der Waals surface area contributed by atoms with Crippen LogP contribution in [-0.2, 0) is 4.79 Å². The quantitative estimate of drug-likeness (QED) is 0.684. The van der Waals surface area contributed by atoms with Gasteiger partial charge in [0.05, 0.1) is 11.8 Å². The number of hydrogen-bond acceptors (Lipinski definition) is 3. The first kappa shape index (κ1) is 9.65. The third kappa shape index (κ3) is 1.67. The second-order valence-electron chi connectivity index (χ2n) is 3.67. The number of nitrogens with one attached hydrogen (secondary N) is 3. The van der Waals surface area contributed by atoms with Gasteiger partial charge in [-0.3, -0.25) is 9.89 Å². The number of benzene rings is 1. The summed E-state index contributed by atoms with van der Waals surface area (Å²) in [7, 11) is 0. The predicted octanol–water partition coefficient (Wildman–Crippen LogP) is 1.81. The molecule has 0 saturated carbocycles. The van der Waals surface area contributed by atoms with E-state index in [4.69, 9.17) is 0 Å². The first-order valence-electron chi connectivity index (χ1n) is 5.21. The van der Waals surface area contributed by atoms with Crippen molar-refractivity contribution < 1.29 is 4.79 Å². The highest BCUT2D eigenvalue weighted by atomic mass is 16.2. The fraction of sp³-hybridized carbons (Fsp3) is 0. The summed E-state index contributed by atoms with van der Waals surface area (Å²) in [6, 6.07) is 9.38. The number of carbonyl (C=O) groups is 1. The van der Waals surface area contributed by atoms with Crippen molar-refractivity contribution in [2.45, 2.75) is 0 Å². The molecular weight excluding hydrogens is 216 g/mol. The van der Waals surface area contributed by atoms with E-state index in [-0.39, 0.29) is 5.91 Å². The SMILES string of the molecule is O=C1Nc2ccccc2C1=CNc1ccn[nH]1. The van der Waals surface area contributed by atoms with Crippen LogP contribution in [0.4, 0.5) is 11.5 Å². The number of carbonyl (C=O) groups excluding carboxylic acids is 1. The molecule has 17 heavy (non-hydrogen) atoms.